The third-order valence-electron chi connectivity index (χ3n) is 2.13. The fraction of sp³-hybridized carbons (Fsp3) is 0.600. The first-order chi connectivity index (χ1) is 6.14. The van der Waals surface area contributed by atoms with Crippen LogP contribution < -0.4 is 5.32 Å². The third kappa shape index (κ3) is 3.61. The molecule has 3 heteroatoms. The molecule has 13 heavy (non-hydrogen) atoms. The standard InChI is InChI=1S/C10H17NO2/c1-10(2,11-8-12)6-5-9-4-3-7-13-9/h3-4,7,11-12H,5-6,8H2,1-2H3. The van der Waals surface area contributed by atoms with Crippen molar-refractivity contribution in [2.45, 2.75) is 32.2 Å². The van der Waals surface area contributed by atoms with Gasteiger partial charge in [-0.1, -0.05) is 0 Å². The Kier molecular flexibility index (Phi) is 3.51. The number of aliphatic hydroxyl groups excluding tert-OH is 1. The van der Waals surface area contributed by atoms with Gasteiger partial charge in [-0.15, -0.1) is 0 Å². The smallest absolute Gasteiger partial charge is 0.103 e. The number of aliphatic hydroxyl groups is 1. The summed E-state index contributed by atoms with van der Waals surface area (Å²) in [6.45, 7) is 4.14. The van der Waals surface area contributed by atoms with Crippen molar-refractivity contribution in [3.8, 4) is 0 Å². The summed E-state index contributed by atoms with van der Waals surface area (Å²) in [5.74, 6) is 0.993. The van der Waals surface area contributed by atoms with Crippen LogP contribution in [-0.2, 0) is 6.42 Å². The van der Waals surface area contributed by atoms with Crippen LogP contribution in [0, 0.1) is 0 Å². The molecule has 0 aliphatic carbocycles. The zero-order valence-electron chi connectivity index (χ0n) is 8.21. The lowest BCUT2D eigenvalue weighted by atomic mass is 9.98. The molecule has 1 aromatic heterocycles. The molecule has 74 valence electrons. The molecule has 0 amide bonds. The van der Waals surface area contributed by atoms with Gasteiger partial charge < -0.3 is 9.52 Å². The summed E-state index contributed by atoms with van der Waals surface area (Å²) in [6.07, 6.45) is 3.52. The van der Waals surface area contributed by atoms with Crippen molar-refractivity contribution in [1.82, 2.24) is 5.32 Å². The van der Waals surface area contributed by atoms with Gasteiger partial charge in [0.1, 0.15) is 5.76 Å². The number of rotatable bonds is 5. The molecule has 0 fully saturated rings. The fourth-order valence-electron chi connectivity index (χ4n) is 1.19. The Morgan fingerprint density at radius 3 is 2.85 bits per heavy atom. The Hall–Kier alpha value is -0.800. The Bertz CT molecular complexity index is 229. The van der Waals surface area contributed by atoms with E-state index in [0.717, 1.165) is 18.6 Å². The SMILES string of the molecule is CC(C)(CCc1ccco1)NCO. The molecule has 0 aliphatic heterocycles. The molecule has 0 spiro atoms. The van der Waals surface area contributed by atoms with Crippen LogP contribution in [-0.4, -0.2) is 17.4 Å². The lowest BCUT2D eigenvalue weighted by Crippen LogP contribution is -2.40. The van der Waals surface area contributed by atoms with E-state index in [1.165, 1.54) is 0 Å². The van der Waals surface area contributed by atoms with Gasteiger partial charge in [-0.25, -0.2) is 0 Å². The second-order valence-electron chi connectivity index (χ2n) is 3.80. The van der Waals surface area contributed by atoms with Crippen molar-refractivity contribution in [2.24, 2.45) is 0 Å². The van der Waals surface area contributed by atoms with E-state index >= 15 is 0 Å². The second kappa shape index (κ2) is 4.44. The molecule has 0 atom stereocenters. The molecule has 0 aliphatic rings. The predicted octanol–water partition coefficient (Wildman–Crippen LogP) is 1.53. The minimum Gasteiger partial charge on any atom is -0.469 e. The summed E-state index contributed by atoms with van der Waals surface area (Å²) in [5, 5.41) is 11.7. The molecular formula is C10H17NO2. The van der Waals surface area contributed by atoms with Crippen molar-refractivity contribution in [1.29, 1.82) is 0 Å². The zero-order chi connectivity index (χ0) is 9.73. The number of furan rings is 1. The molecule has 1 rings (SSSR count). The van der Waals surface area contributed by atoms with Crippen LogP contribution in [0.15, 0.2) is 22.8 Å². The van der Waals surface area contributed by atoms with Gasteiger partial charge >= 0.3 is 0 Å². The van der Waals surface area contributed by atoms with Crippen LogP contribution in [0.1, 0.15) is 26.0 Å². The number of hydrogen-bond acceptors (Lipinski definition) is 3. The lowest BCUT2D eigenvalue weighted by molar-refractivity contribution is 0.202. The molecule has 0 unspecified atom stereocenters. The highest BCUT2D eigenvalue weighted by Gasteiger charge is 2.16. The van der Waals surface area contributed by atoms with Crippen LogP contribution in [0.4, 0.5) is 0 Å². The van der Waals surface area contributed by atoms with E-state index in [1.807, 2.05) is 12.1 Å². The van der Waals surface area contributed by atoms with Crippen molar-refractivity contribution in [3.63, 3.8) is 0 Å². The van der Waals surface area contributed by atoms with Gasteiger partial charge in [0.05, 0.1) is 13.0 Å². The minimum absolute atomic E-state index is 0.0190. The number of hydrogen-bond donors (Lipinski definition) is 2. The second-order valence-corrected chi connectivity index (χ2v) is 3.80. The maximum absolute atomic E-state index is 8.72. The summed E-state index contributed by atoms with van der Waals surface area (Å²) in [4.78, 5) is 0. The molecule has 0 saturated heterocycles. The van der Waals surface area contributed by atoms with E-state index < -0.39 is 0 Å². The lowest BCUT2D eigenvalue weighted by Gasteiger charge is -2.24. The number of aryl methyl sites for hydroxylation is 1. The van der Waals surface area contributed by atoms with E-state index in [2.05, 4.69) is 19.2 Å². The quantitative estimate of drug-likeness (QED) is 0.680. The molecule has 0 bridgehead atoms. The topological polar surface area (TPSA) is 45.4 Å². The fourth-order valence-corrected chi connectivity index (χ4v) is 1.19. The van der Waals surface area contributed by atoms with E-state index in [1.54, 1.807) is 6.26 Å². The molecule has 0 saturated carbocycles. The van der Waals surface area contributed by atoms with Gasteiger partial charge in [-0.2, -0.15) is 0 Å². The summed E-state index contributed by atoms with van der Waals surface area (Å²) in [6, 6.07) is 3.86. The highest BCUT2D eigenvalue weighted by atomic mass is 16.3. The highest BCUT2D eigenvalue weighted by Crippen LogP contribution is 2.13. The molecular weight excluding hydrogens is 166 g/mol. The maximum Gasteiger partial charge on any atom is 0.103 e. The molecule has 1 heterocycles. The van der Waals surface area contributed by atoms with Crippen molar-refractivity contribution in [3.05, 3.63) is 24.2 Å². The maximum atomic E-state index is 8.72. The summed E-state index contributed by atoms with van der Waals surface area (Å²) >= 11 is 0. The summed E-state index contributed by atoms with van der Waals surface area (Å²) in [7, 11) is 0. The third-order valence-corrected chi connectivity index (χ3v) is 2.13. The van der Waals surface area contributed by atoms with Gasteiger partial charge in [0, 0.05) is 12.0 Å². The van der Waals surface area contributed by atoms with Crippen LogP contribution >= 0.6 is 0 Å². The van der Waals surface area contributed by atoms with Gasteiger partial charge in [-0.05, 0) is 32.4 Å². The molecule has 0 radical (unpaired) electrons. The summed E-state index contributed by atoms with van der Waals surface area (Å²) < 4.78 is 5.22. The average Bonchev–Trinajstić information content (AvgIpc) is 2.52. The first-order valence-electron chi connectivity index (χ1n) is 4.52. The minimum atomic E-state index is -0.0401. The predicted molar refractivity (Wildman–Crippen MR) is 51.3 cm³/mol. The molecule has 3 nitrogen and oxygen atoms in total. The van der Waals surface area contributed by atoms with E-state index in [4.69, 9.17) is 9.52 Å². The zero-order valence-corrected chi connectivity index (χ0v) is 8.21. The number of nitrogens with one attached hydrogen (secondary N) is 1. The van der Waals surface area contributed by atoms with Gasteiger partial charge in [0.2, 0.25) is 0 Å². The molecule has 0 aromatic carbocycles. The Balaban J connectivity index is 2.33. The monoisotopic (exact) mass is 183 g/mol. The molecule has 1 aromatic rings. The average molecular weight is 183 g/mol. The van der Waals surface area contributed by atoms with Gasteiger partial charge in [0.15, 0.2) is 0 Å². The van der Waals surface area contributed by atoms with E-state index in [9.17, 15) is 0 Å². The highest BCUT2D eigenvalue weighted by molar-refractivity contribution is 4.99. The van der Waals surface area contributed by atoms with E-state index in [-0.39, 0.29) is 12.3 Å². The van der Waals surface area contributed by atoms with Crippen LogP contribution in [0.25, 0.3) is 0 Å². The largest absolute Gasteiger partial charge is 0.469 e. The van der Waals surface area contributed by atoms with Gasteiger partial charge in [-0.3, -0.25) is 5.32 Å². The van der Waals surface area contributed by atoms with Crippen molar-refractivity contribution in [2.75, 3.05) is 6.73 Å². The Labute approximate surface area is 78.8 Å². The van der Waals surface area contributed by atoms with Gasteiger partial charge in [0.25, 0.3) is 0 Å². The van der Waals surface area contributed by atoms with Crippen molar-refractivity contribution >= 4 is 0 Å². The Morgan fingerprint density at radius 2 is 2.31 bits per heavy atom. The first-order valence-corrected chi connectivity index (χ1v) is 4.52. The van der Waals surface area contributed by atoms with Crippen molar-refractivity contribution < 1.29 is 9.52 Å². The van der Waals surface area contributed by atoms with Crippen LogP contribution in [0.2, 0.25) is 0 Å². The van der Waals surface area contributed by atoms with Crippen LogP contribution in [0.5, 0.6) is 0 Å². The normalized spacial score (nSPS) is 11.9. The summed E-state index contributed by atoms with van der Waals surface area (Å²) in [5.41, 5.74) is -0.0401. The van der Waals surface area contributed by atoms with Crippen LogP contribution in [0.3, 0.4) is 0 Å². The first kappa shape index (κ1) is 10.3. The Morgan fingerprint density at radius 1 is 1.54 bits per heavy atom. The molecule has 2 N–H and O–H groups in total. The van der Waals surface area contributed by atoms with E-state index in [0.29, 0.717) is 0 Å².